The third kappa shape index (κ3) is 3.74. The predicted octanol–water partition coefficient (Wildman–Crippen LogP) is 2.11. The SMILES string of the molecule is CNC(=C1C(=O)C=C/C=C(CNC2CC2)/C=C\1C)c1cnn(C)c1. The fourth-order valence-corrected chi connectivity index (χ4v) is 2.88. The first-order valence-corrected chi connectivity index (χ1v) is 8.33. The lowest BCUT2D eigenvalue weighted by Crippen LogP contribution is -2.19. The highest BCUT2D eigenvalue weighted by molar-refractivity contribution is 6.12. The maximum Gasteiger partial charge on any atom is 0.188 e. The van der Waals surface area contributed by atoms with Crippen molar-refractivity contribution in [3.63, 3.8) is 0 Å². The highest BCUT2D eigenvalue weighted by atomic mass is 16.1. The lowest BCUT2D eigenvalue weighted by atomic mass is 9.94. The van der Waals surface area contributed by atoms with Gasteiger partial charge in [-0.3, -0.25) is 9.48 Å². The van der Waals surface area contributed by atoms with Crippen LogP contribution in [0.15, 0.2) is 53.4 Å². The summed E-state index contributed by atoms with van der Waals surface area (Å²) in [5.41, 5.74) is 4.55. The van der Waals surface area contributed by atoms with E-state index in [0.29, 0.717) is 11.6 Å². The summed E-state index contributed by atoms with van der Waals surface area (Å²) in [5, 5.41) is 10.9. The van der Waals surface area contributed by atoms with Gasteiger partial charge in [0.1, 0.15) is 0 Å². The molecule has 0 aliphatic heterocycles. The van der Waals surface area contributed by atoms with E-state index in [2.05, 4.69) is 21.8 Å². The minimum absolute atomic E-state index is 0.00223. The number of rotatable bonds is 5. The van der Waals surface area contributed by atoms with Crippen LogP contribution < -0.4 is 10.6 Å². The molecule has 1 saturated carbocycles. The molecule has 2 aliphatic carbocycles. The second kappa shape index (κ2) is 7.01. The Labute approximate surface area is 142 Å². The Hall–Kier alpha value is -2.40. The zero-order chi connectivity index (χ0) is 17.1. The lowest BCUT2D eigenvalue weighted by Gasteiger charge is -2.15. The van der Waals surface area contributed by atoms with Gasteiger partial charge < -0.3 is 10.6 Å². The molecule has 24 heavy (non-hydrogen) atoms. The second-order valence-electron chi connectivity index (χ2n) is 6.35. The quantitative estimate of drug-likeness (QED) is 0.815. The number of carbonyl (C=O) groups is 1. The molecule has 0 bridgehead atoms. The average Bonchev–Trinajstić information content (AvgIpc) is 3.28. The summed E-state index contributed by atoms with van der Waals surface area (Å²) < 4.78 is 1.74. The van der Waals surface area contributed by atoms with Crippen molar-refractivity contribution >= 4 is 11.5 Å². The standard InChI is InChI=1S/C19H24N4O/c1-13-9-14(10-21-16-7-8-16)5-4-6-17(24)18(13)19(20-2)15-11-22-23(3)12-15/h4-6,9,11-12,16,20-21H,7-8,10H2,1-3H3/b6-4?,13-9-,14-5-,19-18?. The summed E-state index contributed by atoms with van der Waals surface area (Å²) in [5.74, 6) is 0.00223. The molecular weight excluding hydrogens is 300 g/mol. The van der Waals surface area contributed by atoms with Crippen molar-refractivity contribution in [3.8, 4) is 0 Å². The molecule has 126 valence electrons. The molecule has 0 unspecified atom stereocenters. The van der Waals surface area contributed by atoms with E-state index in [0.717, 1.165) is 23.4 Å². The Balaban J connectivity index is 1.98. The Kier molecular flexibility index (Phi) is 4.81. The lowest BCUT2D eigenvalue weighted by molar-refractivity contribution is -0.111. The molecule has 1 fully saturated rings. The molecule has 2 N–H and O–H groups in total. The van der Waals surface area contributed by atoms with Crippen LogP contribution in [0.2, 0.25) is 0 Å². The first-order valence-electron chi connectivity index (χ1n) is 8.33. The normalized spacial score (nSPS) is 24.5. The van der Waals surface area contributed by atoms with E-state index in [1.165, 1.54) is 18.4 Å². The van der Waals surface area contributed by atoms with Crippen LogP contribution in [0.5, 0.6) is 0 Å². The molecule has 1 aromatic rings. The maximum atomic E-state index is 12.6. The van der Waals surface area contributed by atoms with Crippen LogP contribution in [0, 0.1) is 0 Å². The third-order valence-electron chi connectivity index (χ3n) is 4.27. The van der Waals surface area contributed by atoms with Gasteiger partial charge in [-0.2, -0.15) is 5.10 Å². The number of aromatic nitrogens is 2. The molecule has 1 aromatic heterocycles. The van der Waals surface area contributed by atoms with Crippen LogP contribution in [0.3, 0.4) is 0 Å². The van der Waals surface area contributed by atoms with Crippen LogP contribution in [0.1, 0.15) is 25.3 Å². The first-order chi connectivity index (χ1) is 11.6. The summed E-state index contributed by atoms with van der Waals surface area (Å²) in [6.45, 7) is 2.82. The Morgan fingerprint density at radius 1 is 1.42 bits per heavy atom. The molecule has 0 aromatic carbocycles. The first kappa shape index (κ1) is 16.5. The molecular formula is C19H24N4O. The van der Waals surface area contributed by atoms with E-state index in [1.54, 1.807) is 17.0 Å². The van der Waals surface area contributed by atoms with Gasteiger partial charge in [0.15, 0.2) is 5.78 Å². The number of carbonyl (C=O) groups excluding carboxylic acids is 1. The van der Waals surface area contributed by atoms with Gasteiger partial charge in [0, 0.05) is 44.0 Å². The molecule has 3 rings (SSSR count). The van der Waals surface area contributed by atoms with Crippen molar-refractivity contribution in [1.29, 1.82) is 0 Å². The van der Waals surface area contributed by atoms with Crippen LogP contribution in [-0.2, 0) is 11.8 Å². The van der Waals surface area contributed by atoms with Crippen LogP contribution >= 0.6 is 0 Å². The Morgan fingerprint density at radius 3 is 2.83 bits per heavy atom. The Morgan fingerprint density at radius 2 is 2.21 bits per heavy atom. The van der Waals surface area contributed by atoms with Gasteiger partial charge in [-0.15, -0.1) is 0 Å². The van der Waals surface area contributed by atoms with Crippen LogP contribution in [0.25, 0.3) is 5.70 Å². The number of nitrogens with one attached hydrogen (secondary N) is 2. The number of hydrogen-bond donors (Lipinski definition) is 2. The fraction of sp³-hybridized carbons (Fsp3) is 0.368. The molecule has 0 spiro atoms. The number of hydrogen-bond acceptors (Lipinski definition) is 4. The molecule has 2 aliphatic rings. The molecule has 0 saturated heterocycles. The summed E-state index contributed by atoms with van der Waals surface area (Å²) in [6.07, 6.45) is 13.8. The van der Waals surface area contributed by atoms with E-state index in [1.807, 2.05) is 39.4 Å². The van der Waals surface area contributed by atoms with Gasteiger partial charge in [-0.25, -0.2) is 0 Å². The minimum atomic E-state index is 0.00223. The number of allylic oxidation sites excluding steroid dienone is 5. The third-order valence-corrected chi connectivity index (χ3v) is 4.27. The Bertz CT molecular complexity index is 760. The van der Waals surface area contributed by atoms with Crippen molar-refractivity contribution in [2.24, 2.45) is 7.05 Å². The molecule has 0 amide bonds. The van der Waals surface area contributed by atoms with Crippen LogP contribution in [-0.4, -0.2) is 35.2 Å². The summed E-state index contributed by atoms with van der Waals surface area (Å²) in [6, 6.07) is 0.661. The zero-order valence-electron chi connectivity index (χ0n) is 14.5. The fourth-order valence-electron chi connectivity index (χ4n) is 2.88. The average molecular weight is 324 g/mol. The van der Waals surface area contributed by atoms with Crippen molar-refractivity contribution in [3.05, 3.63) is 59.0 Å². The van der Waals surface area contributed by atoms with Crippen molar-refractivity contribution in [2.75, 3.05) is 13.6 Å². The number of aryl methyl sites for hydroxylation is 1. The maximum absolute atomic E-state index is 12.6. The van der Waals surface area contributed by atoms with Crippen molar-refractivity contribution in [2.45, 2.75) is 25.8 Å². The van der Waals surface area contributed by atoms with E-state index in [-0.39, 0.29) is 5.78 Å². The topological polar surface area (TPSA) is 59.0 Å². The molecule has 5 nitrogen and oxygen atoms in total. The predicted molar refractivity (Wildman–Crippen MR) is 96.2 cm³/mol. The van der Waals surface area contributed by atoms with Gasteiger partial charge in [-0.05, 0) is 37.0 Å². The van der Waals surface area contributed by atoms with Gasteiger partial charge in [0.25, 0.3) is 0 Å². The van der Waals surface area contributed by atoms with Crippen molar-refractivity contribution in [1.82, 2.24) is 20.4 Å². The van der Waals surface area contributed by atoms with E-state index in [4.69, 9.17) is 0 Å². The second-order valence-corrected chi connectivity index (χ2v) is 6.35. The molecule has 1 heterocycles. The van der Waals surface area contributed by atoms with E-state index >= 15 is 0 Å². The summed E-state index contributed by atoms with van der Waals surface area (Å²) in [7, 11) is 3.71. The van der Waals surface area contributed by atoms with Gasteiger partial charge >= 0.3 is 0 Å². The molecule has 0 radical (unpaired) electrons. The van der Waals surface area contributed by atoms with Gasteiger partial charge in [-0.1, -0.05) is 18.2 Å². The van der Waals surface area contributed by atoms with E-state index in [9.17, 15) is 4.79 Å². The van der Waals surface area contributed by atoms with Crippen LogP contribution in [0.4, 0.5) is 0 Å². The zero-order valence-corrected chi connectivity index (χ0v) is 14.5. The van der Waals surface area contributed by atoms with Gasteiger partial charge in [0.2, 0.25) is 0 Å². The van der Waals surface area contributed by atoms with Crippen molar-refractivity contribution < 1.29 is 4.79 Å². The smallest absolute Gasteiger partial charge is 0.188 e. The largest absolute Gasteiger partial charge is 0.387 e. The summed E-state index contributed by atoms with van der Waals surface area (Å²) in [4.78, 5) is 12.6. The monoisotopic (exact) mass is 324 g/mol. The van der Waals surface area contributed by atoms with Gasteiger partial charge in [0.05, 0.1) is 11.9 Å². The highest BCUT2D eigenvalue weighted by Crippen LogP contribution is 2.25. The highest BCUT2D eigenvalue weighted by Gasteiger charge is 2.21. The summed E-state index contributed by atoms with van der Waals surface area (Å²) >= 11 is 0. The minimum Gasteiger partial charge on any atom is -0.387 e. The number of ketones is 1. The van der Waals surface area contributed by atoms with E-state index < -0.39 is 0 Å². The molecule has 5 heteroatoms. The molecule has 0 atom stereocenters. The number of nitrogens with zero attached hydrogens (tertiary/aromatic N) is 2.